The number of morpholine rings is 1. The molecule has 5 rings (SSSR count). The number of hydrogen-bond acceptors (Lipinski definition) is 14. The summed E-state index contributed by atoms with van der Waals surface area (Å²) in [7, 11) is 1.65. The van der Waals surface area contributed by atoms with Crippen LogP contribution in [0.2, 0.25) is 0 Å². The van der Waals surface area contributed by atoms with E-state index in [1.165, 1.54) is 12.8 Å². The fourth-order valence-electron chi connectivity index (χ4n) is 6.85. The Hall–Kier alpha value is -4.79. The number of hydrogen-bond donors (Lipinski definition) is 4. The molecule has 51 heavy (non-hydrogen) atoms. The Labute approximate surface area is 296 Å². The summed E-state index contributed by atoms with van der Waals surface area (Å²) >= 11 is 0. The summed E-state index contributed by atoms with van der Waals surface area (Å²) in [5.41, 5.74) is 9.25. The van der Waals surface area contributed by atoms with Gasteiger partial charge in [-0.25, -0.2) is 15.0 Å². The third-order valence-corrected chi connectivity index (χ3v) is 9.23. The van der Waals surface area contributed by atoms with Crippen molar-refractivity contribution < 1.29 is 27.7 Å². The Morgan fingerprint density at radius 3 is 2.45 bits per heavy atom. The highest BCUT2D eigenvalue weighted by molar-refractivity contribution is 5.83. The summed E-state index contributed by atoms with van der Waals surface area (Å²) in [5.74, 6) is 0.848. The molecule has 1 aromatic heterocycles. The van der Waals surface area contributed by atoms with Crippen LogP contribution in [-0.4, -0.2) is 109 Å². The molecule has 4 N–H and O–H groups in total. The van der Waals surface area contributed by atoms with E-state index in [1.54, 1.807) is 50.8 Å². The van der Waals surface area contributed by atoms with Crippen LogP contribution in [0.1, 0.15) is 51.0 Å². The third kappa shape index (κ3) is 10.1. The molecule has 3 atom stereocenters. The van der Waals surface area contributed by atoms with Crippen LogP contribution >= 0.6 is 0 Å². The zero-order chi connectivity index (χ0) is 36.2. The summed E-state index contributed by atoms with van der Waals surface area (Å²) in [4.78, 5) is 16.6. The average Bonchev–Trinajstić information content (AvgIpc) is 3.39. The van der Waals surface area contributed by atoms with Crippen LogP contribution in [0.3, 0.4) is 0 Å². The van der Waals surface area contributed by atoms with Crippen LogP contribution in [0.4, 0.5) is 14.7 Å². The molecule has 274 valence electrons. The van der Waals surface area contributed by atoms with E-state index in [2.05, 4.69) is 41.5 Å². The number of alkyl halides is 2. The van der Waals surface area contributed by atoms with Crippen LogP contribution in [0.25, 0.3) is 11.1 Å². The molecular weight excluding hydrogens is 664 g/mol. The first kappa shape index (κ1) is 37.5. The van der Waals surface area contributed by atoms with Gasteiger partial charge >= 0.3 is 6.61 Å². The lowest BCUT2D eigenvalue weighted by atomic mass is 9.89. The Bertz CT molecular complexity index is 1540. The van der Waals surface area contributed by atoms with Gasteiger partial charge in [-0.15, -0.1) is 0 Å². The number of anilines is 1. The van der Waals surface area contributed by atoms with E-state index >= 15 is 0 Å². The molecule has 2 aromatic rings. The van der Waals surface area contributed by atoms with Gasteiger partial charge in [0.15, 0.2) is 0 Å². The van der Waals surface area contributed by atoms with Gasteiger partial charge in [0.2, 0.25) is 11.8 Å². The second-order valence-corrected chi connectivity index (χ2v) is 12.6. The van der Waals surface area contributed by atoms with E-state index in [0.717, 1.165) is 50.2 Å². The van der Waals surface area contributed by atoms with E-state index in [0.29, 0.717) is 46.3 Å². The van der Waals surface area contributed by atoms with Crippen molar-refractivity contribution in [3.63, 3.8) is 0 Å². The van der Waals surface area contributed by atoms with Gasteiger partial charge in [-0.3, -0.25) is 15.3 Å². The molecule has 15 nitrogen and oxygen atoms in total. The number of rotatable bonds is 18. The van der Waals surface area contributed by atoms with Gasteiger partial charge < -0.3 is 29.6 Å². The fourth-order valence-corrected chi connectivity index (χ4v) is 6.85. The maximum absolute atomic E-state index is 12.5. The van der Waals surface area contributed by atoms with Crippen molar-refractivity contribution in [2.24, 2.45) is 10.2 Å². The molecule has 0 spiro atoms. The minimum absolute atomic E-state index is 0.116. The van der Waals surface area contributed by atoms with Crippen LogP contribution in [0.5, 0.6) is 5.75 Å². The van der Waals surface area contributed by atoms with Gasteiger partial charge in [-0.05, 0) is 63.1 Å². The van der Waals surface area contributed by atoms with Crippen LogP contribution in [-0.2, 0) is 14.2 Å². The fraction of sp³-hybridized carbons (Fsp3) is 0.559. The summed E-state index contributed by atoms with van der Waals surface area (Å²) < 4.78 is 46.9. The van der Waals surface area contributed by atoms with Gasteiger partial charge in [0.25, 0.3) is 0 Å². The highest BCUT2D eigenvalue weighted by Gasteiger charge is 2.42. The quantitative estimate of drug-likeness (QED) is 0.0410. The SMILES string of the molecule is CN/C(OCCOC(F)F)=C(\C=NC1CCC(N2[C@@H]3CC[C@H]2COC3)CC1)Nc1ncc(-c2ccc(C#N)c(O[C@@H](C)CN(C=N)N=N)c2)cn1. The van der Waals surface area contributed by atoms with Crippen LogP contribution in [0, 0.1) is 22.3 Å². The lowest BCUT2D eigenvalue weighted by molar-refractivity contribution is -0.136. The van der Waals surface area contributed by atoms with E-state index in [-0.39, 0.29) is 37.6 Å². The van der Waals surface area contributed by atoms with Gasteiger partial charge in [0, 0.05) is 43.1 Å². The second-order valence-electron chi connectivity index (χ2n) is 12.6. The van der Waals surface area contributed by atoms with Gasteiger partial charge in [-0.1, -0.05) is 11.3 Å². The zero-order valence-electron chi connectivity index (χ0n) is 28.8. The average molecular weight is 710 g/mol. The van der Waals surface area contributed by atoms with Crippen molar-refractivity contribution in [3.8, 4) is 22.9 Å². The van der Waals surface area contributed by atoms with Crippen LogP contribution in [0.15, 0.2) is 52.4 Å². The molecule has 3 heterocycles. The lowest BCUT2D eigenvalue weighted by Crippen LogP contribution is -2.52. The van der Waals surface area contributed by atoms with Gasteiger partial charge in [0.05, 0.1) is 44.2 Å². The Morgan fingerprint density at radius 1 is 1.12 bits per heavy atom. The molecule has 2 saturated heterocycles. The molecule has 1 aromatic carbocycles. The number of allylic oxidation sites excluding steroid dienone is 1. The molecule has 1 saturated carbocycles. The normalized spacial score (nSPS) is 22.9. The number of aromatic nitrogens is 2. The molecule has 0 radical (unpaired) electrons. The van der Waals surface area contributed by atoms with Crippen molar-refractivity contribution in [2.75, 3.05) is 45.3 Å². The molecule has 0 unspecified atom stereocenters. The van der Waals surface area contributed by atoms with Crippen LogP contribution < -0.4 is 15.4 Å². The lowest BCUT2D eigenvalue weighted by Gasteiger charge is -2.43. The maximum atomic E-state index is 12.5. The van der Waals surface area contributed by atoms with E-state index in [4.69, 9.17) is 30.1 Å². The predicted octanol–water partition coefficient (Wildman–Crippen LogP) is 4.94. The first-order valence-corrected chi connectivity index (χ1v) is 17.1. The maximum Gasteiger partial charge on any atom is 0.345 e. The van der Waals surface area contributed by atoms with Crippen molar-refractivity contribution in [3.05, 3.63) is 47.7 Å². The summed E-state index contributed by atoms with van der Waals surface area (Å²) in [5, 5.41) is 27.4. The monoisotopic (exact) mass is 709 g/mol. The number of halogens is 2. The van der Waals surface area contributed by atoms with Gasteiger partial charge in [-0.2, -0.15) is 19.6 Å². The molecule has 3 aliphatic rings. The Kier molecular flexibility index (Phi) is 13.6. The first-order valence-electron chi connectivity index (χ1n) is 17.1. The minimum atomic E-state index is -2.89. The molecular formula is C34H45F2N11O4. The third-order valence-electron chi connectivity index (χ3n) is 9.23. The molecule has 2 aliphatic heterocycles. The van der Waals surface area contributed by atoms with E-state index in [9.17, 15) is 14.0 Å². The highest BCUT2D eigenvalue weighted by Crippen LogP contribution is 2.36. The van der Waals surface area contributed by atoms with Gasteiger partial charge in [0.1, 0.15) is 36.6 Å². The number of benzene rings is 1. The number of nitriles is 1. The smallest absolute Gasteiger partial charge is 0.345 e. The summed E-state index contributed by atoms with van der Waals surface area (Å²) in [6, 6.07) is 8.94. The second kappa shape index (κ2) is 18.4. The summed E-state index contributed by atoms with van der Waals surface area (Å²) in [6.07, 6.45) is 11.8. The number of aliphatic imine (C=N–C) groups is 1. The minimum Gasteiger partial charge on any atom is -0.487 e. The van der Waals surface area contributed by atoms with Crippen molar-refractivity contribution in [1.82, 2.24) is 25.2 Å². The van der Waals surface area contributed by atoms with E-state index in [1.807, 2.05) is 0 Å². The van der Waals surface area contributed by atoms with Crippen molar-refractivity contribution >= 4 is 18.5 Å². The molecule has 17 heteroatoms. The largest absolute Gasteiger partial charge is 0.487 e. The van der Waals surface area contributed by atoms with Crippen molar-refractivity contribution in [1.29, 1.82) is 16.2 Å². The molecule has 1 aliphatic carbocycles. The molecule has 0 amide bonds. The highest BCUT2D eigenvalue weighted by atomic mass is 19.3. The number of nitrogens with zero attached hydrogens (tertiary/aromatic N) is 7. The molecule has 3 fully saturated rings. The number of nitrogens with one attached hydrogen (secondary N) is 4. The van der Waals surface area contributed by atoms with E-state index < -0.39 is 12.7 Å². The number of ether oxygens (including phenoxy) is 4. The Balaban J connectivity index is 1.28. The zero-order valence-corrected chi connectivity index (χ0v) is 28.8. The standard InChI is InChI=1S/C34H45F2N11O4/c1-22(18-46(21-38)45-39)51-31-13-23(3-4-24(31)14-37)25-15-42-34(43-16-25)44-30(32(40-2)49-11-12-50-33(35)36)17-41-26-5-7-27(8-6-26)47-28-9-10-29(47)20-48-19-28/h3-4,13,15-17,21-22,26-29,33,38-40H,5-12,18-20H2,1-2H3,(H,42,43,44)/b32-30-,38-21?,41-17?,45-39?/t22-,26?,27?,28-,29+/m0/s1. The molecule has 2 bridgehead atoms. The first-order chi connectivity index (χ1) is 24.8. The predicted molar refractivity (Wildman–Crippen MR) is 185 cm³/mol. The topological polar surface area (TPSA) is 189 Å². The summed E-state index contributed by atoms with van der Waals surface area (Å²) in [6.45, 7) is 0.236. The number of fused-ring (bicyclic) bond motifs is 2. The Morgan fingerprint density at radius 2 is 1.82 bits per heavy atom. The van der Waals surface area contributed by atoms with Crippen molar-refractivity contribution in [2.45, 2.75) is 82.3 Å².